The van der Waals surface area contributed by atoms with Gasteiger partial charge in [0.2, 0.25) is 5.95 Å². The third-order valence-corrected chi connectivity index (χ3v) is 9.71. The molecular weight excluding hydrogens is 655 g/mol. The number of methoxy groups -OCH3 is 1. The van der Waals surface area contributed by atoms with E-state index in [0.717, 1.165) is 10.1 Å². The molecular formula is C28H35N8O11P. The van der Waals surface area contributed by atoms with E-state index in [1.54, 1.807) is 24.3 Å². The van der Waals surface area contributed by atoms with E-state index < -0.39 is 80.7 Å². The molecule has 0 saturated carbocycles. The molecule has 7 N–H and O–H groups in total. The van der Waals surface area contributed by atoms with E-state index in [4.69, 9.17) is 29.0 Å². The van der Waals surface area contributed by atoms with Crippen LogP contribution in [0.25, 0.3) is 11.2 Å². The van der Waals surface area contributed by atoms with Crippen molar-refractivity contribution < 1.29 is 38.0 Å². The Balaban J connectivity index is 1.22. The standard InChI is InChI=1S/C28H35N8O11P/c1-14-10-35(28(41)34-24(14)39)19-8-16(17(11-37)45-19)47-48(42,31-9-15-6-4-3-5-7-15)44-12-18-21(38)22(43-2)26(46-18)36-13-30-20-23(36)32-27(29)33-25(20)40/h3-7,10,13,16-19,21-22,26,37-38H,8-9,11-12H2,1-2H3,(H,31,42)(H,34,39,41)(H3,29,32,33,40)/t16-,17-,18-,19-,21+,22?,26-,48?/m1/s1. The van der Waals surface area contributed by atoms with Crippen LogP contribution in [-0.2, 0) is 34.4 Å². The summed E-state index contributed by atoms with van der Waals surface area (Å²) in [5.41, 5.74) is 5.00. The van der Waals surface area contributed by atoms with Crippen LogP contribution in [0.3, 0.4) is 0 Å². The van der Waals surface area contributed by atoms with E-state index >= 15 is 0 Å². The summed E-state index contributed by atoms with van der Waals surface area (Å²) in [6, 6.07) is 9.02. The van der Waals surface area contributed by atoms with Crippen molar-refractivity contribution in [2.45, 2.75) is 62.9 Å². The number of ether oxygens (including phenoxy) is 3. The molecule has 5 heterocycles. The number of nitrogens with two attached hydrogens (primary N) is 1. The molecule has 8 atom stereocenters. The average molecular weight is 691 g/mol. The minimum Gasteiger partial charge on any atom is -0.394 e. The van der Waals surface area contributed by atoms with Crippen LogP contribution >= 0.6 is 7.75 Å². The molecule has 1 aromatic carbocycles. The van der Waals surface area contributed by atoms with E-state index in [-0.39, 0.29) is 35.6 Å². The highest BCUT2D eigenvalue weighted by Crippen LogP contribution is 2.49. The molecule has 258 valence electrons. The Morgan fingerprint density at radius 3 is 2.62 bits per heavy atom. The molecule has 20 heteroatoms. The molecule has 0 spiro atoms. The Morgan fingerprint density at radius 1 is 1.12 bits per heavy atom. The van der Waals surface area contributed by atoms with E-state index in [1.165, 1.54) is 31.1 Å². The van der Waals surface area contributed by atoms with Gasteiger partial charge in [0.25, 0.3) is 11.1 Å². The van der Waals surface area contributed by atoms with E-state index in [0.29, 0.717) is 0 Å². The van der Waals surface area contributed by atoms with Crippen molar-refractivity contribution in [3.8, 4) is 0 Å². The second kappa shape index (κ2) is 13.8. The van der Waals surface area contributed by atoms with Gasteiger partial charge in [0.1, 0.15) is 36.7 Å². The minimum absolute atomic E-state index is 0.00494. The van der Waals surface area contributed by atoms with Crippen molar-refractivity contribution in [2.24, 2.45) is 0 Å². The Labute approximate surface area is 271 Å². The lowest BCUT2D eigenvalue weighted by molar-refractivity contribution is -0.0600. The van der Waals surface area contributed by atoms with Gasteiger partial charge in [0.15, 0.2) is 17.4 Å². The van der Waals surface area contributed by atoms with E-state index in [9.17, 15) is 29.2 Å². The second-order valence-electron chi connectivity index (χ2n) is 11.3. The number of benzene rings is 1. The summed E-state index contributed by atoms with van der Waals surface area (Å²) in [4.78, 5) is 49.5. The summed E-state index contributed by atoms with van der Waals surface area (Å²) in [5.74, 6) is -0.149. The van der Waals surface area contributed by atoms with Crippen molar-refractivity contribution in [2.75, 3.05) is 26.1 Å². The van der Waals surface area contributed by atoms with Crippen molar-refractivity contribution in [3.05, 3.63) is 85.2 Å². The first-order valence-electron chi connectivity index (χ1n) is 14.9. The fraction of sp³-hybridized carbons (Fsp3) is 0.464. The van der Waals surface area contributed by atoms with Gasteiger partial charge in [-0.15, -0.1) is 0 Å². The fourth-order valence-corrected chi connectivity index (χ4v) is 7.18. The number of hydrogen-bond donors (Lipinski definition) is 6. The van der Waals surface area contributed by atoms with Gasteiger partial charge in [-0.1, -0.05) is 30.3 Å². The average Bonchev–Trinajstić information content (AvgIpc) is 3.76. The minimum atomic E-state index is -4.28. The first-order valence-corrected chi connectivity index (χ1v) is 16.4. The van der Waals surface area contributed by atoms with Crippen molar-refractivity contribution in [1.29, 1.82) is 0 Å². The monoisotopic (exact) mass is 690 g/mol. The molecule has 2 aliphatic rings. The Morgan fingerprint density at radius 2 is 1.90 bits per heavy atom. The van der Waals surface area contributed by atoms with Crippen LogP contribution in [0, 0.1) is 6.92 Å². The third kappa shape index (κ3) is 6.77. The van der Waals surface area contributed by atoms with Gasteiger partial charge < -0.3 is 30.2 Å². The quantitative estimate of drug-likeness (QED) is 0.102. The molecule has 48 heavy (non-hydrogen) atoms. The first-order chi connectivity index (χ1) is 23.0. The topological polar surface area (TPSA) is 260 Å². The SMILES string of the molecule is COC1[C@@H](O)[C@@H](COP(=O)(NCc2ccccc2)O[C@@H]2C[C@H](n3cc(C)c(=O)[nH]c3=O)O[C@@H]2CO)O[C@H]1n1cnc2c(=O)[nH]c(N)nc21. The molecule has 0 bridgehead atoms. The normalized spacial score (nSPS) is 27.0. The number of aliphatic hydroxyl groups excluding tert-OH is 2. The van der Waals surface area contributed by atoms with Gasteiger partial charge in [0.05, 0.1) is 19.5 Å². The molecule has 19 nitrogen and oxygen atoms in total. The van der Waals surface area contributed by atoms with Crippen LogP contribution in [-0.4, -0.2) is 90.1 Å². The Bertz CT molecular complexity index is 1980. The highest BCUT2D eigenvalue weighted by atomic mass is 31.2. The summed E-state index contributed by atoms with van der Waals surface area (Å²) in [7, 11) is -2.92. The third-order valence-electron chi connectivity index (χ3n) is 8.13. The van der Waals surface area contributed by atoms with E-state index in [2.05, 4.69) is 25.0 Å². The molecule has 2 fully saturated rings. The molecule has 2 aliphatic heterocycles. The summed E-state index contributed by atoms with van der Waals surface area (Å²) in [6.07, 6.45) is -4.85. The molecule has 0 amide bonds. The van der Waals surface area contributed by atoms with E-state index in [1.807, 2.05) is 6.07 Å². The number of aliphatic hydroxyl groups is 2. The fourth-order valence-electron chi connectivity index (χ4n) is 5.66. The Hall–Kier alpha value is -4.04. The zero-order chi connectivity index (χ0) is 34.2. The van der Waals surface area contributed by atoms with Crippen molar-refractivity contribution in [1.82, 2.24) is 34.2 Å². The summed E-state index contributed by atoms with van der Waals surface area (Å²) in [6.45, 7) is 0.574. The molecule has 4 aromatic rings. The summed E-state index contributed by atoms with van der Waals surface area (Å²) >= 11 is 0. The van der Waals surface area contributed by atoms with Gasteiger partial charge in [-0.3, -0.25) is 37.7 Å². The second-order valence-corrected chi connectivity index (χ2v) is 13.1. The number of aromatic nitrogens is 6. The lowest BCUT2D eigenvalue weighted by Gasteiger charge is -2.26. The van der Waals surface area contributed by atoms with Crippen LogP contribution in [0.1, 0.15) is 30.0 Å². The molecule has 3 aromatic heterocycles. The van der Waals surface area contributed by atoms with Crippen LogP contribution < -0.4 is 27.6 Å². The maximum absolute atomic E-state index is 14.3. The number of imidazole rings is 1. The molecule has 0 radical (unpaired) electrons. The van der Waals surface area contributed by atoms with Gasteiger partial charge >= 0.3 is 13.4 Å². The summed E-state index contributed by atoms with van der Waals surface area (Å²) in [5, 5.41) is 24.1. The maximum Gasteiger partial charge on any atom is 0.406 e. The van der Waals surface area contributed by atoms with Crippen molar-refractivity contribution >= 4 is 24.9 Å². The zero-order valence-electron chi connectivity index (χ0n) is 25.8. The first kappa shape index (κ1) is 33.8. The lowest BCUT2D eigenvalue weighted by Crippen LogP contribution is -2.36. The Kier molecular flexibility index (Phi) is 9.75. The number of anilines is 1. The highest BCUT2D eigenvalue weighted by molar-refractivity contribution is 7.51. The van der Waals surface area contributed by atoms with Crippen molar-refractivity contribution in [3.63, 3.8) is 0 Å². The lowest BCUT2D eigenvalue weighted by atomic mass is 10.1. The van der Waals surface area contributed by atoms with Crippen LogP contribution in [0.2, 0.25) is 0 Å². The molecule has 6 rings (SSSR count). The number of fused-ring (bicyclic) bond motifs is 1. The predicted molar refractivity (Wildman–Crippen MR) is 167 cm³/mol. The number of nitrogen functional groups attached to an aromatic ring is 1. The van der Waals surface area contributed by atoms with Crippen LogP contribution in [0.5, 0.6) is 0 Å². The number of aryl methyl sites for hydroxylation is 1. The zero-order valence-corrected chi connectivity index (χ0v) is 26.7. The smallest absolute Gasteiger partial charge is 0.394 e. The van der Waals surface area contributed by atoms with Crippen LogP contribution in [0.4, 0.5) is 5.95 Å². The largest absolute Gasteiger partial charge is 0.406 e. The van der Waals surface area contributed by atoms with Gasteiger partial charge in [-0.25, -0.2) is 19.4 Å². The number of rotatable bonds is 12. The maximum atomic E-state index is 14.3. The number of nitrogens with zero attached hydrogens (tertiary/aromatic N) is 4. The molecule has 0 aliphatic carbocycles. The number of aromatic amines is 2. The summed E-state index contributed by atoms with van der Waals surface area (Å²) < 4.78 is 46.2. The predicted octanol–water partition coefficient (Wildman–Crippen LogP) is -0.587. The number of H-pyrrole nitrogens is 2. The van der Waals surface area contributed by atoms with Gasteiger partial charge in [-0.05, 0) is 12.5 Å². The van der Waals surface area contributed by atoms with Gasteiger partial charge in [0, 0.05) is 31.8 Å². The van der Waals surface area contributed by atoms with Crippen LogP contribution in [0.15, 0.2) is 57.2 Å². The molecule has 2 saturated heterocycles. The number of hydrogen-bond acceptors (Lipinski definition) is 14. The highest BCUT2D eigenvalue weighted by Gasteiger charge is 2.48. The number of nitrogens with one attached hydrogen (secondary N) is 3. The molecule has 2 unspecified atom stereocenters. The van der Waals surface area contributed by atoms with Gasteiger partial charge in [-0.2, -0.15) is 4.98 Å².